The zero-order valence-electron chi connectivity index (χ0n) is 19.8. The van der Waals surface area contributed by atoms with Crippen LogP contribution in [0.4, 0.5) is 0 Å². The van der Waals surface area contributed by atoms with E-state index in [1.807, 2.05) is 5.20 Å². The van der Waals surface area contributed by atoms with E-state index < -0.39 is 8.07 Å². The molecule has 5 heteroatoms. The van der Waals surface area contributed by atoms with Gasteiger partial charge in [-0.25, -0.2) is 0 Å². The first-order valence-electron chi connectivity index (χ1n) is 10.2. The van der Waals surface area contributed by atoms with Gasteiger partial charge < -0.3 is 37.2 Å². The van der Waals surface area contributed by atoms with E-state index in [-0.39, 0.29) is 37.2 Å². The first-order chi connectivity index (χ1) is 12.0. The van der Waals surface area contributed by atoms with Gasteiger partial charge in [0.2, 0.25) is 0 Å². The van der Waals surface area contributed by atoms with Crippen molar-refractivity contribution in [1.29, 1.82) is 0 Å². The molecule has 162 valence electrons. The van der Waals surface area contributed by atoms with E-state index >= 15 is 0 Å². The summed E-state index contributed by atoms with van der Waals surface area (Å²) in [7, 11) is -1.76. The zero-order valence-corrected chi connectivity index (χ0v) is 24.7. The van der Waals surface area contributed by atoms with E-state index in [1.165, 1.54) is 35.6 Å². The Labute approximate surface area is 211 Å². The van der Waals surface area contributed by atoms with Crippen LogP contribution in [0.5, 0.6) is 0 Å². The van der Waals surface area contributed by atoms with Gasteiger partial charge in [-0.2, -0.15) is 0 Å². The van der Waals surface area contributed by atoms with E-state index in [0.29, 0.717) is 5.92 Å². The molecule has 1 aliphatic rings. The number of hydrogen-bond acceptors (Lipinski definition) is 0. The van der Waals surface area contributed by atoms with Crippen molar-refractivity contribution in [2.24, 2.45) is 5.92 Å². The Hall–Kier alpha value is 0.501. The molecule has 0 heterocycles. The van der Waals surface area contributed by atoms with Gasteiger partial charge in [-0.3, -0.25) is 0 Å². The van der Waals surface area contributed by atoms with Gasteiger partial charge in [0.15, 0.2) is 0 Å². The molecule has 0 N–H and O–H groups in total. The molecule has 2 rings (SSSR count). The van der Waals surface area contributed by atoms with Crippen LogP contribution in [-0.2, 0) is 20.4 Å². The van der Waals surface area contributed by atoms with Gasteiger partial charge in [0.05, 0.1) is 0 Å². The number of rotatable bonds is 5. The summed E-state index contributed by atoms with van der Waals surface area (Å²) >= 11 is 2.36. The minimum absolute atomic E-state index is 0. The summed E-state index contributed by atoms with van der Waals surface area (Å²) in [6, 6.07) is 1.38. The maximum Gasteiger partial charge on any atom is -1.00 e. The summed E-state index contributed by atoms with van der Waals surface area (Å²) in [5.74, 6) is 0.615. The van der Waals surface area contributed by atoms with Crippen molar-refractivity contribution in [3.8, 4) is 0 Å². The third kappa shape index (κ3) is 5.29. The molecule has 2 unspecified atom stereocenters. The van der Waals surface area contributed by atoms with Crippen LogP contribution < -0.4 is 42.4 Å². The Balaban J connectivity index is 0. The summed E-state index contributed by atoms with van der Waals surface area (Å²) in [6.07, 6.45) is 2.63. The molecule has 0 aliphatic heterocycles. The number of allylic oxidation sites excluding steroid dienone is 4. The summed E-state index contributed by atoms with van der Waals surface area (Å²) in [6.45, 7) is 24.0. The number of hydrogen-bond donors (Lipinski definition) is 0. The Kier molecular flexibility index (Phi) is 13.0. The van der Waals surface area contributed by atoms with Crippen LogP contribution >= 0.6 is 0 Å². The molecule has 0 aromatic heterocycles. The molecule has 0 nitrogen and oxygen atoms in total. The zero-order chi connectivity index (χ0) is 20.0. The van der Waals surface area contributed by atoms with Crippen molar-refractivity contribution >= 4 is 13.3 Å². The molecule has 1 aromatic carbocycles. The first kappa shape index (κ1) is 31.7. The molecular formula is C24H37Cl3SiTi. The minimum Gasteiger partial charge on any atom is -1.00 e. The molecule has 1 aromatic rings. The Morgan fingerprint density at radius 1 is 0.759 bits per heavy atom. The summed E-state index contributed by atoms with van der Waals surface area (Å²) in [4.78, 5) is 0. The fourth-order valence-electron chi connectivity index (χ4n) is 5.34. The average Bonchev–Trinajstić information content (AvgIpc) is 2.80. The van der Waals surface area contributed by atoms with Crippen LogP contribution in [-0.4, -0.2) is 8.07 Å². The van der Waals surface area contributed by atoms with Gasteiger partial charge in [0.25, 0.3) is 0 Å². The van der Waals surface area contributed by atoms with Gasteiger partial charge in [0.1, 0.15) is 0 Å². The summed E-state index contributed by atoms with van der Waals surface area (Å²) < 4.78 is 1.60. The largest absolute Gasteiger partial charge is 1.00 e. The molecule has 2 atom stereocenters. The fraction of sp³-hybridized carbons (Fsp3) is 0.583. The monoisotopic (exact) mass is 506 g/mol. The van der Waals surface area contributed by atoms with E-state index in [4.69, 9.17) is 0 Å². The van der Waals surface area contributed by atoms with Crippen molar-refractivity contribution < 1.29 is 57.7 Å². The molecule has 0 fully saturated rings. The van der Waals surface area contributed by atoms with Crippen LogP contribution in [0, 0.1) is 40.5 Å². The maximum absolute atomic E-state index is 2.67. The van der Waals surface area contributed by atoms with E-state index in [0.717, 1.165) is 0 Å². The smallest absolute Gasteiger partial charge is 1.00 e. The van der Waals surface area contributed by atoms with Crippen molar-refractivity contribution in [3.05, 3.63) is 48.0 Å². The second-order valence-electron chi connectivity index (χ2n) is 8.73. The molecule has 0 radical (unpaired) electrons. The van der Waals surface area contributed by atoms with Crippen LogP contribution in [0.3, 0.4) is 0 Å². The van der Waals surface area contributed by atoms with Crippen LogP contribution in [0.1, 0.15) is 68.4 Å². The number of benzene rings is 1. The third-order valence-electron chi connectivity index (χ3n) is 7.41. The normalized spacial score (nSPS) is 18.1. The van der Waals surface area contributed by atoms with Crippen molar-refractivity contribution in [1.82, 2.24) is 0 Å². The minimum atomic E-state index is -1.76. The van der Waals surface area contributed by atoms with Gasteiger partial charge in [-0.05, 0) is 0 Å². The molecule has 0 amide bonds. The van der Waals surface area contributed by atoms with Crippen molar-refractivity contribution in [3.63, 3.8) is 0 Å². The Morgan fingerprint density at radius 2 is 1.17 bits per heavy atom. The Bertz CT molecular complexity index is 782. The molecule has 0 spiro atoms. The van der Waals surface area contributed by atoms with Gasteiger partial charge in [-0.1, -0.05) is 0 Å². The molecule has 1 aliphatic carbocycles. The predicted octanol–water partition coefficient (Wildman–Crippen LogP) is -2.35. The quantitative estimate of drug-likeness (QED) is 0.392. The fourth-order valence-corrected chi connectivity index (χ4v) is 12.1. The topological polar surface area (TPSA) is 0 Å². The van der Waals surface area contributed by atoms with Crippen LogP contribution in [0.15, 0.2) is 20.2 Å². The Morgan fingerprint density at radius 3 is 1.52 bits per heavy atom. The van der Waals surface area contributed by atoms with E-state index in [1.54, 1.807) is 31.3 Å². The van der Waals surface area contributed by atoms with Gasteiger partial charge in [-0.15, -0.1) is 0 Å². The summed E-state index contributed by atoms with van der Waals surface area (Å²) in [5.41, 5.74) is 10.8. The predicted molar refractivity (Wildman–Crippen MR) is 116 cm³/mol. The summed E-state index contributed by atoms with van der Waals surface area (Å²) in [5, 5.41) is 3.56. The van der Waals surface area contributed by atoms with Gasteiger partial charge >= 0.3 is 175 Å². The number of unbranched alkanes of at least 4 members (excludes halogenated alkanes) is 1. The van der Waals surface area contributed by atoms with Crippen LogP contribution in [0.2, 0.25) is 12.6 Å². The molecule has 0 saturated heterocycles. The molecular weight excluding hydrogens is 471 g/mol. The second-order valence-corrected chi connectivity index (χ2v) is 13.8. The molecule has 29 heavy (non-hydrogen) atoms. The van der Waals surface area contributed by atoms with Crippen molar-refractivity contribution in [2.75, 3.05) is 0 Å². The van der Waals surface area contributed by atoms with Crippen molar-refractivity contribution in [2.45, 2.75) is 87.7 Å². The van der Waals surface area contributed by atoms with Gasteiger partial charge in [0, 0.05) is 0 Å². The number of halogens is 3. The third-order valence-corrected chi connectivity index (χ3v) is 13.9. The van der Waals surface area contributed by atoms with E-state index in [2.05, 4.69) is 89.3 Å². The first-order valence-corrected chi connectivity index (χ1v) is 13.7. The van der Waals surface area contributed by atoms with E-state index in [9.17, 15) is 0 Å². The average molecular weight is 508 g/mol. The van der Waals surface area contributed by atoms with Crippen LogP contribution in [0.25, 0.3) is 0 Å². The SMILES string of the molecule is CCCC[Si](C)(C1=C(C)C(C)=[C]([Ti+3])C1C)c1c(C)c(C)c(C)c(C)c1C.[Cl-].[Cl-].[Cl-]. The standard InChI is InChI=1S/C24H37Si.3ClH.Ti/c1-11-12-13-25(10,23-16(3)14-15(2)17(23)4)24-21(8)19(6)18(5)20(7)22(24)9;;;;/h16H,11-13H2,1-10H3;3*1H;/q;;;;+3/p-3. The molecule has 0 saturated carbocycles. The second kappa shape index (κ2) is 11.9. The molecule has 0 bridgehead atoms. The maximum atomic E-state index is 2.67.